The summed E-state index contributed by atoms with van der Waals surface area (Å²) in [6.07, 6.45) is 13.8. The zero-order chi connectivity index (χ0) is 23.6. The lowest BCUT2D eigenvalue weighted by Crippen LogP contribution is -2.33. The number of ether oxygens (including phenoxy) is 1. The van der Waals surface area contributed by atoms with E-state index >= 15 is 0 Å². The van der Waals surface area contributed by atoms with Crippen molar-refractivity contribution in [1.82, 2.24) is 14.7 Å². The number of piperidine rings is 1. The molecule has 6 nitrogen and oxygen atoms in total. The third-order valence-corrected chi connectivity index (χ3v) is 5.55. The molecule has 2 heterocycles. The van der Waals surface area contributed by atoms with Crippen molar-refractivity contribution >= 4 is 12.1 Å². The second-order valence-corrected chi connectivity index (χ2v) is 8.90. The molecule has 2 aliphatic rings. The zero-order valence-electron chi connectivity index (χ0n) is 20.4. The first-order valence-electron chi connectivity index (χ1n) is 11.6. The molecule has 3 rings (SSSR count). The first kappa shape index (κ1) is 24.5. The molecule has 0 spiro atoms. The van der Waals surface area contributed by atoms with Crippen LogP contribution in [0.3, 0.4) is 0 Å². The molecule has 0 radical (unpaired) electrons. The highest BCUT2D eigenvalue weighted by Crippen LogP contribution is 2.17. The molecule has 176 valence electrons. The summed E-state index contributed by atoms with van der Waals surface area (Å²) in [6, 6.07) is 8.46. The van der Waals surface area contributed by atoms with E-state index in [0.717, 1.165) is 61.8 Å². The fourth-order valence-corrected chi connectivity index (χ4v) is 3.69. The Bertz CT molecular complexity index is 949. The summed E-state index contributed by atoms with van der Waals surface area (Å²) in [5.74, 6) is 1.97. The highest BCUT2D eigenvalue weighted by atomic mass is 16.5. The van der Waals surface area contributed by atoms with E-state index in [-0.39, 0.29) is 0 Å². The quantitative estimate of drug-likeness (QED) is 0.230. The number of rotatable bonds is 10. The van der Waals surface area contributed by atoms with Crippen LogP contribution in [0.15, 0.2) is 82.9 Å². The zero-order valence-corrected chi connectivity index (χ0v) is 20.4. The molecule has 0 saturated carbocycles. The van der Waals surface area contributed by atoms with E-state index in [1.807, 2.05) is 62.9 Å². The highest BCUT2D eigenvalue weighted by Gasteiger charge is 2.26. The Hall–Kier alpha value is -3.12. The van der Waals surface area contributed by atoms with Crippen LogP contribution in [0.4, 0.5) is 0 Å². The number of hydrogen-bond acceptors (Lipinski definition) is 5. The summed E-state index contributed by atoms with van der Waals surface area (Å²) in [7, 11) is 6.14. The number of amidine groups is 1. The smallest absolute Gasteiger partial charge is 0.124 e. The monoisotopic (exact) mass is 447 g/mol. The number of allylic oxidation sites excluding steroid dienone is 4. The van der Waals surface area contributed by atoms with Gasteiger partial charge in [0.15, 0.2) is 0 Å². The number of nitrogens with zero attached hydrogens (tertiary/aromatic N) is 5. The number of likely N-dealkylation sites (tertiary alicyclic amines) is 1. The Labute approximate surface area is 199 Å². The first-order valence-corrected chi connectivity index (χ1v) is 11.6. The van der Waals surface area contributed by atoms with Gasteiger partial charge in [-0.1, -0.05) is 30.9 Å². The topological polar surface area (TPSA) is 43.4 Å². The maximum absolute atomic E-state index is 6.03. The molecule has 2 saturated heterocycles. The molecule has 1 aromatic rings. The van der Waals surface area contributed by atoms with Gasteiger partial charge < -0.3 is 19.4 Å². The van der Waals surface area contributed by atoms with Gasteiger partial charge in [0.05, 0.1) is 12.7 Å². The first-order chi connectivity index (χ1) is 15.9. The predicted octanol–water partition coefficient (Wildman–Crippen LogP) is 4.44. The predicted molar refractivity (Wildman–Crippen MR) is 138 cm³/mol. The van der Waals surface area contributed by atoms with E-state index in [1.54, 1.807) is 0 Å². The lowest BCUT2D eigenvalue weighted by molar-refractivity contribution is 0.0588. The van der Waals surface area contributed by atoms with Crippen LogP contribution in [-0.2, 0) is 11.3 Å². The molecule has 0 aliphatic carbocycles. The molecule has 33 heavy (non-hydrogen) atoms. The van der Waals surface area contributed by atoms with Crippen molar-refractivity contribution in [3.8, 4) is 0 Å². The second kappa shape index (κ2) is 12.2. The molecule has 0 amide bonds. The summed E-state index contributed by atoms with van der Waals surface area (Å²) >= 11 is 0. The van der Waals surface area contributed by atoms with E-state index in [2.05, 4.69) is 57.7 Å². The van der Waals surface area contributed by atoms with Crippen LogP contribution in [0.1, 0.15) is 30.9 Å². The Morgan fingerprint density at radius 2 is 2.06 bits per heavy atom. The van der Waals surface area contributed by atoms with Crippen molar-refractivity contribution in [2.75, 3.05) is 40.8 Å². The van der Waals surface area contributed by atoms with Gasteiger partial charge in [-0.05, 0) is 55.7 Å². The summed E-state index contributed by atoms with van der Waals surface area (Å²) in [4.78, 5) is 15.6. The lowest BCUT2D eigenvalue weighted by Gasteiger charge is -2.29. The minimum atomic E-state index is 0.307. The van der Waals surface area contributed by atoms with Crippen LogP contribution in [0, 0.1) is 0 Å². The van der Waals surface area contributed by atoms with E-state index in [9.17, 15) is 0 Å². The summed E-state index contributed by atoms with van der Waals surface area (Å²) in [5, 5.41) is 0. The van der Waals surface area contributed by atoms with E-state index < -0.39 is 0 Å². The van der Waals surface area contributed by atoms with Gasteiger partial charge in [-0.15, -0.1) is 0 Å². The van der Waals surface area contributed by atoms with E-state index in [0.29, 0.717) is 6.10 Å². The fraction of sp³-hybridized carbons (Fsp3) is 0.407. The molecular weight excluding hydrogens is 410 g/mol. The summed E-state index contributed by atoms with van der Waals surface area (Å²) < 4.78 is 6.03. The van der Waals surface area contributed by atoms with Crippen molar-refractivity contribution in [3.05, 3.63) is 84.1 Å². The SMILES string of the molecule is C=CC(/C=C/N=C1\CN1Cc1cccc(/C=N/C=C(\C)OC2CCN(C)CC2)c1)=C\N(C)C. The van der Waals surface area contributed by atoms with Gasteiger partial charge in [0.25, 0.3) is 0 Å². The molecule has 0 N–H and O–H groups in total. The molecule has 0 aromatic heterocycles. The number of benzene rings is 1. The lowest BCUT2D eigenvalue weighted by atomic mass is 10.1. The third-order valence-electron chi connectivity index (χ3n) is 5.55. The van der Waals surface area contributed by atoms with Crippen LogP contribution in [0.25, 0.3) is 0 Å². The third kappa shape index (κ3) is 8.73. The van der Waals surface area contributed by atoms with Crippen molar-refractivity contribution < 1.29 is 4.74 Å². The molecular formula is C27H37N5O. The van der Waals surface area contributed by atoms with Crippen LogP contribution < -0.4 is 0 Å². The average molecular weight is 448 g/mol. The normalized spacial score (nSPS) is 19.6. The number of aliphatic imine (C=N–C) groups is 2. The van der Waals surface area contributed by atoms with Crippen LogP contribution in [-0.4, -0.2) is 73.6 Å². The maximum atomic E-state index is 6.03. The largest absolute Gasteiger partial charge is 0.493 e. The van der Waals surface area contributed by atoms with Crippen LogP contribution in [0.5, 0.6) is 0 Å². The van der Waals surface area contributed by atoms with Crippen LogP contribution >= 0.6 is 0 Å². The summed E-state index contributed by atoms with van der Waals surface area (Å²) in [5.41, 5.74) is 3.36. The molecule has 2 aliphatic heterocycles. The van der Waals surface area contributed by atoms with Gasteiger partial charge in [-0.3, -0.25) is 4.99 Å². The minimum absolute atomic E-state index is 0.307. The van der Waals surface area contributed by atoms with Gasteiger partial charge in [-0.25, -0.2) is 4.99 Å². The van der Waals surface area contributed by atoms with Crippen LogP contribution in [0.2, 0.25) is 0 Å². The molecule has 0 bridgehead atoms. The average Bonchev–Trinajstić information content (AvgIpc) is 3.52. The molecule has 0 unspecified atom stereocenters. The number of hydrogen-bond donors (Lipinski definition) is 0. The van der Waals surface area contributed by atoms with Gasteiger partial charge >= 0.3 is 0 Å². The van der Waals surface area contributed by atoms with Crippen molar-refractivity contribution in [3.63, 3.8) is 0 Å². The Morgan fingerprint density at radius 3 is 2.79 bits per heavy atom. The van der Waals surface area contributed by atoms with Gasteiger partial charge in [-0.2, -0.15) is 0 Å². The molecule has 2 fully saturated rings. The Balaban J connectivity index is 1.48. The van der Waals surface area contributed by atoms with E-state index in [1.165, 1.54) is 5.56 Å². The minimum Gasteiger partial charge on any atom is -0.493 e. The maximum Gasteiger partial charge on any atom is 0.124 e. The highest BCUT2D eigenvalue weighted by molar-refractivity contribution is 5.97. The van der Waals surface area contributed by atoms with E-state index in [4.69, 9.17) is 4.74 Å². The standard InChI is InChI=1S/C27H37N5O/c1-6-23(19-30(3)4)10-13-29-27-21-32(27)20-25-9-7-8-24(16-25)18-28-17-22(2)33-26-11-14-31(5)15-12-26/h6-10,13,16-19,26H,1,11-12,14-15,20-21H2,2-5H3/b13-10+,22-17+,23-19+,28-18+,29-27+. The van der Waals surface area contributed by atoms with Gasteiger partial charge in [0.1, 0.15) is 17.7 Å². The fourth-order valence-electron chi connectivity index (χ4n) is 3.69. The Morgan fingerprint density at radius 1 is 1.27 bits per heavy atom. The second-order valence-electron chi connectivity index (χ2n) is 8.90. The molecule has 1 aromatic carbocycles. The molecule has 6 heteroatoms. The van der Waals surface area contributed by atoms with Gasteiger partial charge in [0.2, 0.25) is 0 Å². The van der Waals surface area contributed by atoms with Crippen molar-refractivity contribution in [2.45, 2.75) is 32.4 Å². The van der Waals surface area contributed by atoms with Crippen molar-refractivity contribution in [1.29, 1.82) is 0 Å². The molecule has 0 atom stereocenters. The van der Waals surface area contributed by atoms with Gasteiger partial charge in [0, 0.05) is 52.3 Å². The van der Waals surface area contributed by atoms with Crippen molar-refractivity contribution in [2.24, 2.45) is 9.98 Å². The summed E-state index contributed by atoms with van der Waals surface area (Å²) in [6.45, 7) is 9.76. The Kier molecular flexibility index (Phi) is 9.07.